The first-order valence-corrected chi connectivity index (χ1v) is 11.1. The van der Waals surface area contributed by atoms with Crippen molar-refractivity contribution in [3.8, 4) is 17.2 Å². The number of carbonyl (C=O) groups excluding carboxylic acids is 1. The van der Waals surface area contributed by atoms with Gasteiger partial charge in [0.05, 0.1) is 23.3 Å². The average Bonchev–Trinajstić information content (AvgIpc) is 3.31. The molecule has 3 heterocycles. The summed E-state index contributed by atoms with van der Waals surface area (Å²) < 4.78 is 18.6. The number of rotatable bonds is 6. The fourth-order valence-corrected chi connectivity index (χ4v) is 3.91. The van der Waals surface area contributed by atoms with E-state index in [0.717, 1.165) is 29.8 Å². The standard InChI is InChI=1S/C25H25FN6O/c1-15(2)32-10-9-27-24(32)20-5-4-6-23(29-20)30-25(33)18-12-22(16(3)11-19(18)26)31-13-21(28-14-31)17-7-8-17/h4-6,9-15,17H,7-8H2,1-3H3,(H,29,30,33). The molecule has 0 spiro atoms. The van der Waals surface area contributed by atoms with Gasteiger partial charge in [-0.25, -0.2) is 19.3 Å². The van der Waals surface area contributed by atoms with Crippen LogP contribution in [0.2, 0.25) is 0 Å². The molecule has 0 aliphatic heterocycles. The number of aryl methyl sites for hydroxylation is 1. The minimum absolute atomic E-state index is 0.0480. The third kappa shape index (κ3) is 4.16. The lowest BCUT2D eigenvalue weighted by molar-refractivity contribution is 0.102. The average molecular weight is 445 g/mol. The number of hydrogen-bond donors (Lipinski definition) is 1. The first kappa shape index (κ1) is 21.1. The molecule has 0 atom stereocenters. The van der Waals surface area contributed by atoms with Gasteiger partial charge in [-0.2, -0.15) is 0 Å². The third-order valence-electron chi connectivity index (χ3n) is 5.85. The van der Waals surface area contributed by atoms with Gasteiger partial charge in [0.1, 0.15) is 17.3 Å². The summed E-state index contributed by atoms with van der Waals surface area (Å²) in [5.41, 5.74) is 3.06. The SMILES string of the molecule is Cc1cc(F)c(C(=O)Nc2cccc(-c3nccn3C(C)C)n2)cc1-n1cnc(C2CC2)c1. The van der Waals surface area contributed by atoms with Crippen LogP contribution in [0.4, 0.5) is 10.2 Å². The molecular weight excluding hydrogens is 419 g/mol. The Morgan fingerprint density at radius 3 is 2.79 bits per heavy atom. The topological polar surface area (TPSA) is 77.6 Å². The molecule has 33 heavy (non-hydrogen) atoms. The van der Waals surface area contributed by atoms with Gasteiger partial charge >= 0.3 is 0 Å². The highest BCUT2D eigenvalue weighted by molar-refractivity contribution is 6.04. The smallest absolute Gasteiger partial charge is 0.259 e. The van der Waals surface area contributed by atoms with E-state index in [0.29, 0.717) is 23.3 Å². The molecule has 0 saturated heterocycles. The normalized spacial score (nSPS) is 13.5. The van der Waals surface area contributed by atoms with Crippen molar-refractivity contribution in [1.82, 2.24) is 24.1 Å². The zero-order valence-electron chi connectivity index (χ0n) is 18.8. The van der Waals surface area contributed by atoms with Crippen molar-refractivity contribution in [2.75, 3.05) is 5.32 Å². The van der Waals surface area contributed by atoms with Crippen LogP contribution in [-0.2, 0) is 0 Å². The van der Waals surface area contributed by atoms with Crippen LogP contribution in [0.3, 0.4) is 0 Å². The second-order valence-corrected chi connectivity index (χ2v) is 8.71. The number of hydrogen-bond acceptors (Lipinski definition) is 4. The predicted octanol–water partition coefficient (Wildman–Crippen LogP) is 5.29. The number of nitrogens with one attached hydrogen (secondary N) is 1. The van der Waals surface area contributed by atoms with Gasteiger partial charge in [-0.05, 0) is 63.4 Å². The quantitative estimate of drug-likeness (QED) is 0.438. The first-order valence-electron chi connectivity index (χ1n) is 11.1. The summed E-state index contributed by atoms with van der Waals surface area (Å²) in [6, 6.07) is 8.45. The molecule has 5 rings (SSSR count). The Hall–Kier alpha value is -3.81. The van der Waals surface area contributed by atoms with Gasteiger partial charge in [0.2, 0.25) is 0 Å². The maximum absolute atomic E-state index is 14.8. The Balaban J connectivity index is 1.42. The second-order valence-electron chi connectivity index (χ2n) is 8.71. The highest BCUT2D eigenvalue weighted by atomic mass is 19.1. The molecule has 7 nitrogen and oxygen atoms in total. The van der Waals surface area contributed by atoms with Crippen LogP contribution in [0.1, 0.15) is 60.3 Å². The Labute approximate surface area is 191 Å². The molecular formula is C25H25FN6O. The number of imidazole rings is 2. The van der Waals surface area contributed by atoms with E-state index in [1.54, 1.807) is 30.7 Å². The maximum Gasteiger partial charge on any atom is 0.259 e. The van der Waals surface area contributed by atoms with Gasteiger partial charge in [-0.1, -0.05) is 6.07 Å². The van der Waals surface area contributed by atoms with Gasteiger partial charge < -0.3 is 14.5 Å². The monoisotopic (exact) mass is 444 g/mol. The van der Waals surface area contributed by atoms with E-state index in [1.807, 2.05) is 34.5 Å². The fraction of sp³-hybridized carbons (Fsp3) is 0.280. The molecule has 1 saturated carbocycles. The highest BCUT2D eigenvalue weighted by Gasteiger charge is 2.26. The number of halogens is 1. The Morgan fingerprint density at radius 1 is 1.21 bits per heavy atom. The Kier molecular flexibility index (Phi) is 5.28. The minimum atomic E-state index is -0.581. The van der Waals surface area contributed by atoms with E-state index < -0.39 is 11.7 Å². The van der Waals surface area contributed by atoms with Gasteiger partial charge in [-0.15, -0.1) is 0 Å². The van der Waals surface area contributed by atoms with Crippen LogP contribution in [0.5, 0.6) is 0 Å². The van der Waals surface area contributed by atoms with Crippen LogP contribution >= 0.6 is 0 Å². The van der Waals surface area contributed by atoms with Crippen LogP contribution in [0.15, 0.2) is 55.2 Å². The van der Waals surface area contributed by atoms with Crippen LogP contribution in [0, 0.1) is 12.7 Å². The number of aromatic nitrogens is 5. The van der Waals surface area contributed by atoms with Crippen molar-refractivity contribution in [3.63, 3.8) is 0 Å². The molecule has 168 valence electrons. The lowest BCUT2D eigenvalue weighted by atomic mass is 10.1. The summed E-state index contributed by atoms with van der Waals surface area (Å²) in [6.45, 7) is 5.93. The van der Waals surface area contributed by atoms with Crippen molar-refractivity contribution < 1.29 is 9.18 Å². The largest absolute Gasteiger partial charge is 0.327 e. The predicted molar refractivity (Wildman–Crippen MR) is 124 cm³/mol. The fourth-order valence-electron chi connectivity index (χ4n) is 3.91. The van der Waals surface area contributed by atoms with Crippen molar-refractivity contribution in [2.24, 2.45) is 0 Å². The molecule has 1 aliphatic rings. The molecule has 1 fully saturated rings. The molecule has 1 aliphatic carbocycles. The minimum Gasteiger partial charge on any atom is -0.327 e. The lowest BCUT2D eigenvalue weighted by Gasteiger charge is -2.13. The second kappa shape index (κ2) is 8.27. The van der Waals surface area contributed by atoms with Gasteiger partial charge in [0.15, 0.2) is 5.82 Å². The summed E-state index contributed by atoms with van der Waals surface area (Å²) in [4.78, 5) is 26.4. The summed E-state index contributed by atoms with van der Waals surface area (Å²) in [7, 11) is 0. The number of pyridine rings is 1. The number of amides is 1. The molecule has 0 radical (unpaired) electrons. The van der Waals surface area contributed by atoms with Crippen molar-refractivity contribution >= 4 is 11.7 Å². The van der Waals surface area contributed by atoms with Crippen molar-refractivity contribution in [3.05, 3.63) is 77.9 Å². The van der Waals surface area contributed by atoms with Crippen LogP contribution < -0.4 is 5.32 Å². The number of anilines is 1. The van der Waals surface area contributed by atoms with Gasteiger partial charge in [-0.3, -0.25) is 4.79 Å². The zero-order chi connectivity index (χ0) is 23.1. The lowest BCUT2D eigenvalue weighted by Crippen LogP contribution is -2.16. The summed E-state index contributed by atoms with van der Waals surface area (Å²) in [5.74, 6) is 0.405. The summed E-state index contributed by atoms with van der Waals surface area (Å²) >= 11 is 0. The van der Waals surface area contributed by atoms with E-state index in [-0.39, 0.29) is 11.6 Å². The Morgan fingerprint density at radius 2 is 2.03 bits per heavy atom. The molecule has 1 N–H and O–H groups in total. The summed E-state index contributed by atoms with van der Waals surface area (Å²) in [5, 5.41) is 2.73. The molecule has 0 unspecified atom stereocenters. The number of nitrogens with zero attached hydrogens (tertiary/aromatic N) is 5. The third-order valence-corrected chi connectivity index (χ3v) is 5.85. The number of benzene rings is 1. The van der Waals surface area contributed by atoms with E-state index in [4.69, 9.17) is 0 Å². The first-order chi connectivity index (χ1) is 15.9. The molecule has 0 bridgehead atoms. The van der Waals surface area contributed by atoms with E-state index in [2.05, 4.69) is 34.1 Å². The van der Waals surface area contributed by atoms with E-state index >= 15 is 0 Å². The van der Waals surface area contributed by atoms with Crippen molar-refractivity contribution in [2.45, 2.75) is 45.6 Å². The molecule has 1 amide bonds. The van der Waals surface area contributed by atoms with Crippen molar-refractivity contribution in [1.29, 1.82) is 0 Å². The molecule has 1 aromatic carbocycles. The van der Waals surface area contributed by atoms with Crippen LogP contribution in [0.25, 0.3) is 17.2 Å². The van der Waals surface area contributed by atoms with E-state index in [1.165, 1.54) is 6.07 Å². The maximum atomic E-state index is 14.8. The highest BCUT2D eigenvalue weighted by Crippen LogP contribution is 2.39. The van der Waals surface area contributed by atoms with Crippen LogP contribution in [-0.4, -0.2) is 30.0 Å². The summed E-state index contributed by atoms with van der Waals surface area (Å²) in [6.07, 6.45) is 9.59. The number of carbonyl (C=O) groups is 1. The van der Waals surface area contributed by atoms with Gasteiger partial charge in [0, 0.05) is 30.6 Å². The molecule has 4 aromatic rings. The van der Waals surface area contributed by atoms with E-state index in [9.17, 15) is 9.18 Å². The molecule has 8 heteroatoms. The molecule has 3 aromatic heterocycles. The van der Waals surface area contributed by atoms with Gasteiger partial charge in [0.25, 0.3) is 5.91 Å². The Bertz CT molecular complexity index is 1330. The zero-order valence-corrected chi connectivity index (χ0v) is 18.8.